The van der Waals surface area contributed by atoms with Gasteiger partial charge in [-0.25, -0.2) is 0 Å². The standard InChI is InChI=1S/C18H21N5S/c1-2-3-11-22-12-9-15(10-13-22)17-21-23-16(19-20-18(23)24-17)14-7-5-4-6-8-14/h4-9H,2-3,10-13H2,1H3. The highest BCUT2D eigenvalue weighted by atomic mass is 32.1. The van der Waals surface area contributed by atoms with Gasteiger partial charge in [0.2, 0.25) is 4.96 Å². The van der Waals surface area contributed by atoms with Crippen LogP contribution in [0.2, 0.25) is 0 Å². The van der Waals surface area contributed by atoms with Crippen LogP contribution in [0.4, 0.5) is 0 Å². The van der Waals surface area contributed by atoms with Crippen LogP contribution in [-0.4, -0.2) is 44.3 Å². The molecule has 4 rings (SSSR count). The van der Waals surface area contributed by atoms with E-state index in [1.54, 1.807) is 11.3 Å². The van der Waals surface area contributed by atoms with Crippen LogP contribution in [-0.2, 0) is 0 Å². The lowest BCUT2D eigenvalue weighted by Crippen LogP contribution is -2.29. The first-order chi connectivity index (χ1) is 11.8. The highest BCUT2D eigenvalue weighted by Crippen LogP contribution is 2.28. The summed E-state index contributed by atoms with van der Waals surface area (Å²) in [6.45, 7) is 5.59. The molecule has 3 aromatic rings. The summed E-state index contributed by atoms with van der Waals surface area (Å²) in [6, 6.07) is 10.1. The van der Waals surface area contributed by atoms with Gasteiger partial charge in [-0.05, 0) is 25.0 Å². The lowest BCUT2D eigenvalue weighted by atomic mass is 10.1. The van der Waals surface area contributed by atoms with Crippen molar-refractivity contribution >= 4 is 21.9 Å². The molecule has 0 N–H and O–H groups in total. The van der Waals surface area contributed by atoms with Crippen molar-refractivity contribution in [3.63, 3.8) is 0 Å². The van der Waals surface area contributed by atoms with Gasteiger partial charge in [0.1, 0.15) is 5.01 Å². The van der Waals surface area contributed by atoms with Crippen molar-refractivity contribution in [2.75, 3.05) is 19.6 Å². The first-order valence-electron chi connectivity index (χ1n) is 8.54. The number of hydrogen-bond donors (Lipinski definition) is 0. The molecule has 0 aliphatic carbocycles. The van der Waals surface area contributed by atoms with Gasteiger partial charge in [-0.3, -0.25) is 4.90 Å². The van der Waals surface area contributed by atoms with E-state index in [-0.39, 0.29) is 0 Å². The van der Waals surface area contributed by atoms with Gasteiger partial charge in [0, 0.05) is 18.7 Å². The van der Waals surface area contributed by atoms with Crippen molar-refractivity contribution in [3.8, 4) is 11.4 Å². The van der Waals surface area contributed by atoms with Gasteiger partial charge >= 0.3 is 0 Å². The van der Waals surface area contributed by atoms with Crippen LogP contribution in [0.15, 0.2) is 36.4 Å². The Labute approximate surface area is 145 Å². The second kappa shape index (κ2) is 6.83. The monoisotopic (exact) mass is 339 g/mol. The minimum absolute atomic E-state index is 0.814. The van der Waals surface area contributed by atoms with Crippen LogP contribution in [0.25, 0.3) is 21.9 Å². The van der Waals surface area contributed by atoms with Crippen LogP contribution >= 0.6 is 11.3 Å². The molecule has 0 amide bonds. The van der Waals surface area contributed by atoms with Crippen molar-refractivity contribution < 1.29 is 0 Å². The van der Waals surface area contributed by atoms with Crippen LogP contribution in [0.5, 0.6) is 0 Å². The van der Waals surface area contributed by atoms with Crippen molar-refractivity contribution in [2.24, 2.45) is 0 Å². The van der Waals surface area contributed by atoms with Gasteiger partial charge in [-0.2, -0.15) is 9.61 Å². The van der Waals surface area contributed by atoms with Gasteiger partial charge < -0.3 is 0 Å². The zero-order valence-corrected chi connectivity index (χ0v) is 14.7. The molecule has 0 unspecified atom stereocenters. The Morgan fingerprint density at radius 1 is 1.17 bits per heavy atom. The van der Waals surface area contributed by atoms with Crippen LogP contribution in [0.1, 0.15) is 31.2 Å². The fourth-order valence-corrected chi connectivity index (χ4v) is 3.91. The molecule has 0 bridgehead atoms. The number of aromatic nitrogens is 4. The fraction of sp³-hybridized carbons (Fsp3) is 0.389. The quantitative estimate of drug-likeness (QED) is 0.710. The first-order valence-corrected chi connectivity index (χ1v) is 9.36. The number of hydrogen-bond acceptors (Lipinski definition) is 5. The molecule has 3 heterocycles. The van der Waals surface area contributed by atoms with E-state index in [1.807, 2.05) is 34.8 Å². The molecule has 0 radical (unpaired) electrons. The van der Waals surface area contributed by atoms with Crippen LogP contribution in [0.3, 0.4) is 0 Å². The van der Waals surface area contributed by atoms with Crippen molar-refractivity contribution in [3.05, 3.63) is 41.4 Å². The van der Waals surface area contributed by atoms with Gasteiger partial charge in [-0.1, -0.05) is 61.1 Å². The van der Waals surface area contributed by atoms with Crippen molar-refractivity contribution in [2.45, 2.75) is 26.2 Å². The molecule has 6 heteroatoms. The summed E-state index contributed by atoms with van der Waals surface area (Å²) in [5.74, 6) is 0.814. The molecule has 5 nitrogen and oxygen atoms in total. The lowest BCUT2D eigenvalue weighted by molar-refractivity contribution is 0.297. The Hall–Kier alpha value is -2.05. The van der Waals surface area contributed by atoms with Crippen LogP contribution in [0, 0.1) is 0 Å². The summed E-state index contributed by atoms with van der Waals surface area (Å²) in [5.41, 5.74) is 2.39. The second-order valence-corrected chi connectivity index (χ2v) is 7.08. The molecule has 1 aliphatic heterocycles. The summed E-state index contributed by atoms with van der Waals surface area (Å²) >= 11 is 1.63. The summed E-state index contributed by atoms with van der Waals surface area (Å²) in [4.78, 5) is 3.38. The van der Waals surface area contributed by atoms with Gasteiger partial charge in [0.15, 0.2) is 5.82 Å². The number of nitrogens with zero attached hydrogens (tertiary/aromatic N) is 5. The average Bonchev–Trinajstić information content (AvgIpc) is 3.22. The van der Waals surface area contributed by atoms with E-state index in [1.165, 1.54) is 25.0 Å². The zero-order valence-electron chi connectivity index (χ0n) is 13.9. The maximum absolute atomic E-state index is 4.78. The summed E-state index contributed by atoms with van der Waals surface area (Å²) in [7, 11) is 0. The van der Waals surface area contributed by atoms with E-state index in [9.17, 15) is 0 Å². The number of benzene rings is 1. The second-order valence-electron chi connectivity index (χ2n) is 6.12. The Bertz CT molecular complexity index is 849. The van der Waals surface area contributed by atoms with Gasteiger partial charge in [-0.15, -0.1) is 10.2 Å². The predicted molar refractivity (Wildman–Crippen MR) is 98.0 cm³/mol. The molecule has 1 aliphatic rings. The molecular weight excluding hydrogens is 318 g/mol. The molecule has 124 valence electrons. The van der Waals surface area contributed by atoms with E-state index in [2.05, 4.69) is 28.1 Å². The third kappa shape index (κ3) is 2.99. The Balaban J connectivity index is 1.58. The molecule has 0 saturated heterocycles. The SMILES string of the molecule is CCCCN1CC=C(c2nn3c(-c4ccccc4)nnc3s2)CC1. The highest BCUT2D eigenvalue weighted by Gasteiger charge is 2.18. The zero-order chi connectivity index (χ0) is 16.4. The Morgan fingerprint density at radius 3 is 2.79 bits per heavy atom. The Morgan fingerprint density at radius 2 is 2.04 bits per heavy atom. The Kier molecular flexibility index (Phi) is 4.40. The predicted octanol–water partition coefficient (Wildman–Crippen LogP) is 3.74. The normalized spacial score (nSPS) is 15.8. The summed E-state index contributed by atoms with van der Waals surface area (Å²) < 4.78 is 1.87. The van der Waals surface area contributed by atoms with E-state index in [4.69, 9.17) is 5.10 Å². The molecule has 2 aromatic heterocycles. The molecule has 0 spiro atoms. The van der Waals surface area contributed by atoms with Crippen LogP contribution < -0.4 is 0 Å². The fourth-order valence-electron chi connectivity index (χ4n) is 3.00. The smallest absolute Gasteiger partial charge is 0.235 e. The molecule has 0 fully saturated rings. The maximum Gasteiger partial charge on any atom is 0.235 e. The van der Waals surface area contributed by atoms with Gasteiger partial charge in [0.25, 0.3) is 0 Å². The maximum atomic E-state index is 4.78. The van der Waals surface area contributed by atoms with Crippen molar-refractivity contribution in [1.82, 2.24) is 24.7 Å². The minimum Gasteiger partial charge on any atom is -0.299 e. The molecule has 1 aromatic carbocycles. The van der Waals surface area contributed by atoms with Crippen molar-refractivity contribution in [1.29, 1.82) is 0 Å². The van der Waals surface area contributed by atoms with E-state index in [0.29, 0.717) is 0 Å². The van der Waals surface area contributed by atoms with Gasteiger partial charge in [0.05, 0.1) is 0 Å². The summed E-state index contributed by atoms with van der Waals surface area (Å²) in [5, 5.41) is 14.4. The lowest BCUT2D eigenvalue weighted by Gasteiger charge is -2.25. The van der Waals surface area contributed by atoms with E-state index in [0.717, 1.165) is 40.9 Å². The van der Waals surface area contributed by atoms with E-state index < -0.39 is 0 Å². The third-order valence-electron chi connectivity index (χ3n) is 4.42. The summed E-state index contributed by atoms with van der Waals surface area (Å²) in [6.07, 6.45) is 5.92. The molecular formula is C18H21N5S. The number of unbranched alkanes of at least 4 members (excludes halogenated alkanes) is 1. The molecule has 0 saturated carbocycles. The number of rotatable bonds is 5. The first kappa shape index (κ1) is 15.5. The third-order valence-corrected chi connectivity index (χ3v) is 5.39. The number of fused-ring (bicyclic) bond motifs is 1. The largest absolute Gasteiger partial charge is 0.299 e. The minimum atomic E-state index is 0.814. The topological polar surface area (TPSA) is 46.3 Å². The molecule has 24 heavy (non-hydrogen) atoms. The molecule has 0 atom stereocenters. The van der Waals surface area contributed by atoms with E-state index >= 15 is 0 Å². The average molecular weight is 339 g/mol. The highest BCUT2D eigenvalue weighted by molar-refractivity contribution is 7.17.